The van der Waals surface area contributed by atoms with Crippen LogP contribution < -0.4 is 5.32 Å². The normalized spacial score (nSPS) is 25.1. The minimum atomic E-state index is 0.559. The highest BCUT2D eigenvalue weighted by molar-refractivity contribution is 7.10. The highest BCUT2D eigenvalue weighted by Crippen LogP contribution is 2.36. The van der Waals surface area contributed by atoms with Crippen LogP contribution in [0.4, 0.5) is 0 Å². The first-order valence-electron chi connectivity index (χ1n) is 7.20. The first-order valence-corrected chi connectivity index (χ1v) is 8.08. The molecule has 1 aromatic rings. The maximum Gasteiger partial charge on any atom is 0.0413 e. The molecule has 102 valence electrons. The molecule has 0 aliphatic heterocycles. The molecule has 1 aromatic heterocycles. The zero-order valence-electron chi connectivity index (χ0n) is 11.9. The second kappa shape index (κ2) is 6.69. The maximum atomic E-state index is 3.57. The van der Waals surface area contributed by atoms with E-state index in [0.29, 0.717) is 6.04 Å². The van der Waals surface area contributed by atoms with Crippen molar-refractivity contribution in [3.05, 3.63) is 22.4 Å². The Balaban J connectivity index is 1.83. The summed E-state index contributed by atoms with van der Waals surface area (Å²) in [5.41, 5.74) is 0. The van der Waals surface area contributed by atoms with E-state index in [1.54, 1.807) is 0 Å². The highest BCUT2D eigenvalue weighted by Gasteiger charge is 2.35. The molecule has 1 aliphatic carbocycles. The van der Waals surface area contributed by atoms with Gasteiger partial charge in [0.25, 0.3) is 0 Å². The Morgan fingerprint density at radius 2 is 2.33 bits per heavy atom. The third-order valence-corrected chi connectivity index (χ3v) is 5.34. The molecule has 1 fully saturated rings. The first-order chi connectivity index (χ1) is 8.74. The number of nitrogens with zero attached hydrogens (tertiary/aromatic N) is 1. The molecule has 0 amide bonds. The Labute approximate surface area is 115 Å². The van der Waals surface area contributed by atoms with Crippen LogP contribution in [0, 0.1) is 5.92 Å². The summed E-state index contributed by atoms with van der Waals surface area (Å²) in [5.74, 6) is 0.851. The van der Waals surface area contributed by atoms with E-state index in [2.05, 4.69) is 48.6 Å². The van der Waals surface area contributed by atoms with Gasteiger partial charge in [0.05, 0.1) is 0 Å². The maximum absolute atomic E-state index is 3.57. The van der Waals surface area contributed by atoms with Crippen molar-refractivity contribution in [2.75, 3.05) is 20.1 Å². The van der Waals surface area contributed by atoms with Crippen LogP contribution in [0.25, 0.3) is 0 Å². The third kappa shape index (κ3) is 3.14. The minimum Gasteiger partial charge on any atom is -0.316 e. The van der Waals surface area contributed by atoms with E-state index >= 15 is 0 Å². The minimum absolute atomic E-state index is 0.559. The van der Waals surface area contributed by atoms with Crippen LogP contribution >= 0.6 is 11.3 Å². The first kappa shape index (κ1) is 14.0. The lowest BCUT2D eigenvalue weighted by molar-refractivity contribution is 0.0561. The Hall–Kier alpha value is -0.380. The average Bonchev–Trinajstić information content (AvgIpc) is 2.85. The molecule has 3 atom stereocenters. The monoisotopic (exact) mass is 266 g/mol. The van der Waals surface area contributed by atoms with Crippen LogP contribution in [-0.2, 0) is 0 Å². The summed E-state index contributed by atoms with van der Waals surface area (Å²) in [6, 6.07) is 5.75. The lowest BCUT2D eigenvalue weighted by Gasteiger charge is -2.45. The molecule has 1 N–H and O–H groups in total. The van der Waals surface area contributed by atoms with Crippen LogP contribution in [0.15, 0.2) is 17.5 Å². The SMILES string of the molecule is CCCNCC1CCC1N(C)C(C)c1cccs1. The van der Waals surface area contributed by atoms with Crippen molar-refractivity contribution in [1.82, 2.24) is 10.2 Å². The van der Waals surface area contributed by atoms with Gasteiger partial charge in [-0.25, -0.2) is 0 Å². The molecule has 2 nitrogen and oxygen atoms in total. The van der Waals surface area contributed by atoms with Gasteiger partial charge in [-0.3, -0.25) is 4.90 Å². The fraction of sp³-hybridized carbons (Fsp3) is 0.733. The van der Waals surface area contributed by atoms with E-state index in [0.717, 1.165) is 18.5 Å². The van der Waals surface area contributed by atoms with Gasteiger partial charge in [-0.2, -0.15) is 0 Å². The van der Waals surface area contributed by atoms with Crippen molar-refractivity contribution in [2.45, 2.75) is 45.2 Å². The second-order valence-electron chi connectivity index (χ2n) is 5.47. The topological polar surface area (TPSA) is 15.3 Å². The molecular formula is C15H26N2S. The van der Waals surface area contributed by atoms with E-state index in [4.69, 9.17) is 0 Å². The summed E-state index contributed by atoms with van der Waals surface area (Å²) >= 11 is 1.88. The van der Waals surface area contributed by atoms with Gasteiger partial charge in [0, 0.05) is 17.0 Å². The Kier molecular flexibility index (Phi) is 5.22. The Morgan fingerprint density at radius 1 is 1.50 bits per heavy atom. The summed E-state index contributed by atoms with van der Waals surface area (Å²) < 4.78 is 0. The summed E-state index contributed by atoms with van der Waals surface area (Å²) in [7, 11) is 2.29. The average molecular weight is 266 g/mol. The van der Waals surface area contributed by atoms with E-state index < -0.39 is 0 Å². The summed E-state index contributed by atoms with van der Waals surface area (Å²) in [4.78, 5) is 4.07. The summed E-state index contributed by atoms with van der Waals surface area (Å²) in [6.07, 6.45) is 3.99. The molecule has 1 heterocycles. The summed E-state index contributed by atoms with van der Waals surface area (Å²) in [5, 5.41) is 5.75. The Morgan fingerprint density at radius 3 is 2.89 bits per heavy atom. The highest BCUT2D eigenvalue weighted by atomic mass is 32.1. The largest absolute Gasteiger partial charge is 0.316 e. The lowest BCUT2D eigenvalue weighted by atomic mass is 9.78. The third-order valence-electron chi connectivity index (χ3n) is 4.30. The number of nitrogens with one attached hydrogen (secondary N) is 1. The molecule has 0 bridgehead atoms. The standard InChI is InChI=1S/C15H26N2S/c1-4-9-16-11-13-7-8-14(13)17(3)12(2)15-6-5-10-18-15/h5-6,10,12-14,16H,4,7-9,11H2,1-3H3. The molecule has 1 aliphatic rings. The summed E-state index contributed by atoms with van der Waals surface area (Å²) in [6.45, 7) is 6.92. The van der Waals surface area contributed by atoms with Crippen molar-refractivity contribution < 1.29 is 0 Å². The predicted octanol–water partition coefficient (Wildman–Crippen LogP) is 3.52. The molecule has 3 heteroatoms. The van der Waals surface area contributed by atoms with Gasteiger partial charge in [-0.05, 0) is 63.7 Å². The number of thiophene rings is 1. The van der Waals surface area contributed by atoms with Crippen molar-refractivity contribution >= 4 is 11.3 Å². The quantitative estimate of drug-likeness (QED) is 0.760. The molecule has 0 saturated heterocycles. The number of hydrogen-bond acceptors (Lipinski definition) is 3. The van der Waals surface area contributed by atoms with Crippen LogP contribution in [-0.4, -0.2) is 31.1 Å². The predicted molar refractivity (Wildman–Crippen MR) is 80.2 cm³/mol. The van der Waals surface area contributed by atoms with Gasteiger partial charge in [0.15, 0.2) is 0 Å². The van der Waals surface area contributed by atoms with E-state index in [-0.39, 0.29) is 0 Å². The number of hydrogen-bond donors (Lipinski definition) is 1. The van der Waals surface area contributed by atoms with Gasteiger partial charge < -0.3 is 5.32 Å². The van der Waals surface area contributed by atoms with E-state index in [1.807, 2.05) is 11.3 Å². The molecule has 3 unspecified atom stereocenters. The molecule has 0 radical (unpaired) electrons. The fourth-order valence-corrected chi connectivity index (χ4v) is 3.64. The molecule has 0 spiro atoms. The van der Waals surface area contributed by atoms with E-state index in [1.165, 1.54) is 30.7 Å². The molecule has 18 heavy (non-hydrogen) atoms. The van der Waals surface area contributed by atoms with Gasteiger partial charge in [-0.15, -0.1) is 11.3 Å². The fourth-order valence-electron chi connectivity index (χ4n) is 2.81. The molecule has 0 aromatic carbocycles. The van der Waals surface area contributed by atoms with Crippen molar-refractivity contribution in [2.24, 2.45) is 5.92 Å². The van der Waals surface area contributed by atoms with Crippen LogP contribution in [0.3, 0.4) is 0 Å². The van der Waals surface area contributed by atoms with E-state index in [9.17, 15) is 0 Å². The van der Waals surface area contributed by atoms with Crippen LogP contribution in [0.2, 0.25) is 0 Å². The zero-order valence-corrected chi connectivity index (χ0v) is 12.7. The van der Waals surface area contributed by atoms with Gasteiger partial charge in [0.1, 0.15) is 0 Å². The van der Waals surface area contributed by atoms with Crippen LogP contribution in [0.1, 0.15) is 44.0 Å². The second-order valence-corrected chi connectivity index (χ2v) is 6.45. The smallest absolute Gasteiger partial charge is 0.0413 e. The lowest BCUT2D eigenvalue weighted by Crippen LogP contribution is -2.49. The van der Waals surface area contributed by atoms with Crippen molar-refractivity contribution in [3.63, 3.8) is 0 Å². The van der Waals surface area contributed by atoms with Crippen molar-refractivity contribution in [3.8, 4) is 0 Å². The molecular weight excluding hydrogens is 240 g/mol. The van der Waals surface area contributed by atoms with Crippen molar-refractivity contribution in [1.29, 1.82) is 0 Å². The van der Waals surface area contributed by atoms with Gasteiger partial charge in [0.2, 0.25) is 0 Å². The molecule has 1 saturated carbocycles. The van der Waals surface area contributed by atoms with Gasteiger partial charge in [-0.1, -0.05) is 13.0 Å². The molecule has 2 rings (SSSR count). The van der Waals surface area contributed by atoms with Crippen LogP contribution in [0.5, 0.6) is 0 Å². The Bertz CT molecular complexity index is 336. The number of rotatable bonds is 7. The van der Waals surface area contributed by atoms with Gasteiger partial charge >= 0.3 is 0 Å². The zero-order chi connectivity index (χ0) is 13.0.